The lowest BCUT2D eigenvalue weighted by atomic mass is 10.0. The molecule has 13 heavy (non-hydrogen) atoms. The quantitative estimate of drug-likeness (QED) is 0.661. The van der Waals surface area contributed by atoms with Crippen molar-refractivity contribution in [3.8, 4) is 0 Å². The monoisotopic (exact) mass is 185 g/mol. The van der Waals surface area contributed by atoms with Gasteiger partial charge in [0.2, 0.25) is 0 Å². The first kappa shape index (κ1) is 9.44. The summed E-state index contributed by atoms with van der Waals surface area (Å²) < 4.78 is 0. The van der Waals surface area contributed by atoms with E-state index < -0.39 is 0 Å². The van der Waals surface area contributed by atoms with Crippen LogP contribution in [0.2, 0.25) is 0 Å². The molecule has 76 valence electrons. The molecule has 0 spiro atoms. The van der Waals surface area contributed by atoms with Crippen LogP contribution in [-0.2, 0) is 0 Å². The Labute approximate surface area is 79.4 Å². The first-order valence-electron chi connectivity index (χ1n) is 5.34. The van der Waals surface area contributed by atoms with E-state index in [4.69, 9.17) is 5.11 Å². The predicted octanol–water partition coefficient (Wildman–Crippen LogP) is 0.214. The zero-order valence-corrected chi connectivity index (χ0v) is 8.02. The first-order chi connectivity index (χ1) is 6.36. The van der Waals surface area contributed by atoms with E-state index in [1.165, 1.54) is 12.8 Å². The number of aliphatic hydroxyl groups is 2. The highest BCUT2D eigenvalue weighted by atomic mass is 16.3. The van der Waals surface area contributed by atoms with E-state index in [0.717, 1.165) is 19.4 Å². The van der Waals surface area contributed by atoms with Crippen molar-refractivity contribution in [1.82, 2.24) is 4.90 Å². The molecule has 1 saturated heterocycles. The second kappa shape index (κ2) is 3.95. The van der Waals surface area contributed by atoms with Crippen LogP contribution in [0.25, 0.3) is 0 Å². The third-order valence-electron chi connectivity index (χ3n) is 3.43. The van der Waals surface area contributed by atoms with Gasteiger partial charge in [-0.2, -0.15) is 0 Å². The van der Waals surface area contributed by atoms with E-state index >= 15 is 0 Å². The molecule has 1 aliphatic carbocycles. The van der Waals surface area contributed by atoms with Crippen molar-refractivity contribution < 1.29 is 10.2 Å². The van der Waals surface area contributed by atoms with Gasteiger partial charge in [-0.05, 0) is 31.7 Å². The maximum atomic E-state index is 9.19. The van der Waals surface area contributed by atoms with Crippen LogP contribution in [0, 0.1) is 5.92 Å². The summed E-state index contributed by atoms with van der Waals surface area (Å²) in [6.07, 6.45) is 4.77. The first-order valence-corrected chi connectivity index (χ1v) is 5.34. The predicted molar refractivity (Wildman–Crippen MR) is 50.4 cm³/mol. The van der Waals surface area contributed by atoms with Crippen LogP contribution in [0.1, 0.15) is 25.7 Å². The molecular formula is C10H19NO2. The van der Waals surface area contributed by atoms with Gasteiger partial charge < -0.3 is 10.2 Å². The van der Waals surface area contributed by atoms with Crippen molar-refractivity contribution in [1.29, 1.82) is 0 Å². The molecule has 1 aliphatic heterocycles. The van der Waals surface area contributed by atoms with Crippen molar-refractivity contribution in [2.24, 2.45) is 5.92 Å². The molecule has 2 unspecified atom stereocenters. The minimum Gasteiger partial charge on any atom is -0.396 e. The second-order valence-corrected chi connectivity index (χ2v) is 4.32. The van der Waals surface area contributed by atoms with Crippen molar-refractivity contribution in [3.05, 3.63) is 0 Å². The van der Waals surface area contributed by atoms with Crippen LogP contribution in [0.15, 0.2) is 0 Å². The van der Waals surface area contributed by atoms with Gasteiger partial charge >= 0.3 is 0 Å². The smallest absolute Gasteiger partial charge is 0.0586 e. The second-order valence-electron chi connectivity index (χ2n) is 4.32. The van der Waals surface area contributed by atoms with Gasteiger partial charge in [0, 0.05) is 18.7 Å². The van der Waals surface area contributed by atoms with Crippen LogP contribution in [0.5, 0.6) is 0 Å². The van der Waals surface area contributed by atoms with Crippen LogP contribution in [0.3, 0.4) is 0 Å². The molecule has 0 bridgehead atoms. The SMILES string of the molecule is OCC1CC1N1CCCC[C@@H]1CO. The number of rotatable bonds is 3. The highest BCUT2D eigenvalue weighted by molar-refractivity contribution is 4.97. The summed E-state index contributed by atoms with van der Waals surface area (Å²) in [5.74, 6) is 0.493. The van der Waals surface area contributed by atoms with E-state index in [2.05, 4.69) is 4.90 Å². The Hall–Kier alpha value is -0.120. The van der Waals surface area contributed by atoms with Crippen molar-refractivity contribution >= 4 is 0 Å². The lowest BCUT2D eigenvalue weighted by molar-refractivity contribution is 0.0753. The van der Waals surface area contributed by atoms with Gasteiger partial charge in [-0.15, -0.1) is 0 Å². The highest BCUT2D eigenvalue weighted by Gasteiger charge is 2.43. The number of nitrogens with zero attached hydrogens (tertiary/aromatic N) is 1. The number of aliphatic hydroxyl groups excluding tert-OH is 2. The number of hydrogen-bond donors (Lipinski definition) is 2. The lowest BCUT2D eigenvalue weighted by Gasteiger charge is -2.35. The van der Waals surface area contributed by atoms with E-state index in [1.807, 2.05) is 0 Å². The van der Waals surface area contributed by atoms with Gasteiger partial charge in [0.05, 0.1) is 6.61 Å². The van der Waals surface area contributed by atoms with Gasteiger partial charge in [0.15, 0.2) is 0 Å². The minimum atomic E-state index is 0.286. The molecule has 3 atom stereocenters. The Morgan fingerprint density at radius 3 is 2.62 bits per heavy atom. The average Bonchev–Trinajstić information content (AvgIpc) is 2.96. The molecule has 0 aromatic heterocycles. The Morgan fingerprint density at radius 1 is 1.15 bits per heavy atom. The van der Waals surface area contributed by atoms with Crippen LogP contribution in [-0.4, -0.2) is 47.0 Å². The van der Waals surface area contributed by atoms with E-state index in [9.17, 15) is 5.11 Å². The molecule has 0 radical (unpaired) electrons. The third-order valence-corrected chi connectivity index (χ3v) is 3.43. The van der Waals surface area contributed by atoms with Gasteiger partial charge in [-0.1, -0.05) is 6.42 Å². The summed E-state index contributed by atoms with van der Waals surface area (Å²) in [7, 11) is 0. The van der Waals surface area contributed by atoms with Crippen LogP contribution < -0.4 is 0 Å². The standard InChI is InChI=1S/C10H19NO2/c12-6-8-5-10(8)11-4-2-1-3-9(11)7-13/h8-10,12-13H,1-7H2/t8?,9-,10?/m1/s1. The molecule has 2 fully saturated rings. The molecule has 3 nitrogen and oxygen atoms in total. The van der Waals surface area contributed by atoms with Crippen molar-refractivity contribution in [2.45, 2.75) is 37.8 Å². The summed E-state index contributed by atoms with van der Waals surface area (Å²) in [6, 6.07) is 0.942. The molecule has 0 aromatic carbocycles. The summed E-state index contributed by atoms with van der Waals surface area (Å²) in [5.41, 5.74) is 0. The van der Waals surface area contributed by atoms with Crippen LogP contribution in [0.4, 0.5) is 0 Å². The van der Waals surface area contributed by atoms with Gasteiger partial charge in [0.1, 0.15) is 0 Å². The zero-order chi connectivity index (χ0) is 9.26. The molecule has 0 aromatic rings. The Balaban J connectivity index is 1.88. The number of hydrogen-bond acceptors (Lipinski definition) is 3. The maximum absolute atomic E-state index is 9.19. The van der Waals surface area contributed by atoms with Crippen molar-refractivity contribution in [3.63, 3.8) is 0 Å². The van der Waals surface area contributed by atoms with E-state index in [1.54, 1.807) is 0 Å². The summed E-state index contributed by atoms with van der Waals surface area (Å²) in [4.78, 5) is 2.41. The number of likely N-dealkylation sites (tertiary alicyclic amines) is 1. The molecule has 2 aliphatic rings. The molecule has 2 N–H and O–H groups in total. The normalized spacial score (nSPS) is 40.6. The summed E-state index contributed by atoms with van der Waals surface area (Å²) >= 11 is 0. The van der Waals surface area contributed by atoms with E-state index in [-0.39, 0.29) is 6.61 Å². The molecule has 1 heterocycles. The molecule has 3 heteroatoms. The van der Waals surface area contributed by atoms with Crippen molar-refractivity contribution in [2.75, 3.05) is 19.8 Å². The average molecular weight is 185 g/mol. The fraction of sp³-hybridized carbons (Fsp3) is 1.00. The molecular weight excluding hydrogens is 166 g/mol. The minimum absolute atomic E-state index is 0.286. The summed E-state index contributed by atoms with van der Waals surface area (Å²) in [5, 5.41) is 18.2. The third kappa shape index (κ3) is 1.87. The lowest BCUT2D eigenvalue weighted by Crippen LogP contribution is -2.43. The Morgan fingerprint density at radius 2 is 2.00 bits per heavy atom. The highest BCUT2D eigenvalue weighted by Crippen LogP contribution is 2.38. The summed E-state index contributed by atoms with van der Waals surface area (Å²) in [6.45, 7) is 1.72. The van der Waals surface area contributed by atoms with E-state index in [0.29, 0.717) is 24.6 Å². The molecule has 2 rings (SSSR count). The topological polar surface area (TPSA) is 43.7 Å². The van der Waals surface area contributed by atoms with Gasteiger partial charge in [-0.3, -0.25) is 4.90 Å². The Kier molecular flexibility index (Phi) is 2.86. The van der Waals surface area contributed by atoms with Crippen LogP contribution >= 0.6 is 0 Å². The fourth-order valence-electron chi connectivity index (χ4n) is 2.49. The zero-order valence-electron chi connectivity index (χ0n) is 8.02. The number of piperidine rings is 1. The molecule has 0 amide bonds. The molecule has 1 saturated carbocycles. The maximum Gasteiger partial charge on any atom is 0.0586 e. The largest absolute Gasteiger partial charge is 0.396 e. The van der Waals surface area contributed by atoms with Gasteiger partial charge in [-0.25, -0.2) is 0 Å². The fourth-order valence-corrected chi connectivity index (χ4v) is 2.49. The Bertz CT molecular complexity index is 174. The van der Waals surface area contributed by atoms with Gasteiger partial charge in [0.25, 0.3) is 0 Å².